The molecule has 1 saturated heterocycles. The van der Waals surface area contributed by atoms with E-state index in [0.29, 0.717) is 50.0 Å². The van der Waals surface area contributed by atoms with Gasteiger partial charge in [0.1, 0.15) is 5.75 Å². The maximum atomic E-state index is 12.9. The second kappa shape index (κ2) is 9.47. The molecule has 1 amide bonds. The largest absolute Gasteiger partial charge is 0.496 e. The lowest BCUT2D eigenvalue weighted by molar-refractivity contribution is -0.140. The molecule has 0 aliphatic carbocycles. The molecule has 1 fully saturated rings. The minimum absolute atomic E-state index is 0.0757. The van der Waals surface area contributed by atoms with Crippen LogP contribution in [0.5, 0.6) is 17.2 Å². The fourth-order valence-corrected chi connectivity index (χ4v) is 3.26. The Morgan fingerprint density at radius 1 is 1.14 bits per heavy atom. The van der Waals surface area contributed by atoms with Gasteiger partial charge in [0.05, 0.1) is 40.6 Å². The predicted octanol–water partition coefficient (Wildman–Crippen LogP) is 2.56. The van der Waals surface area contributed by atoms with Crippen molar-refractivity contribution >= 4 is 5.91 Å². The van der Waals surface area contributed by atoms with E-state index in [-0.39, 0.29) is 17.6 Å². The van der Waals surface area contributed by atoms with Gasteiger partial charge in [-0.2, -0.15) is 0 Å². The summed E-state index contributed by atoms with van der Waals surface area (Å²) in [6.07, 6.45) is 0.0757. The summed E-state index contributed by atoms with van der Waals surface area (Å²) >= 11 is 0. The Morgan fingerprint density at radius 3 is 2.29 bits per heavy atom. The fourth-order valence-electron chi connectivity index (χ4n) is 3.26. The summed E-state index contributed by atoms with van der Waals surface area (Å²) in [5.74, 6) is 2.08. The van der Waals surface area contributed by atoms with Gasteiger partial charge in [-0.3, -0.25) is 9.69 Å². The molecule has 1 atom stereocenters. The zero-order chi connectivity index (χ0) is 20.9. The summed E-state index contributed by atoms with van der Waals surface area (Å²) in [7, 11) is 4.84. The van der Waals surface area contributed by atoms with Crippen LogP contribution in [0.3, 0.4) is 0 Å². The van der Waals surface area contributed by atoms with Gasteiger partial charge in [0, 0.05) is 36.8 Å². The second-order valence-corrected chi connectivity index (χ2v) is 8.07. The number of amides is 1. The quantitative estimate of drug-likeness (QED) is 0.708. The van der Waals surface area contributed by atoms with Crippen molar-refractivity contribution in [3.63, 3.8) is 0 Å². The van der Waals surface area contributed by atoms with Gasteiger partial charge in [0.25, 0.3) is 0 Å². The maximum Gasteiger partial charge on any atom is 0.236 e. The summed E-state index contributed by atoms with van der Waals surface area (Å²) in [5, 5.41) is 0. The summed E-state index contributed by atoms with van der Waals surface area (Å²) in [4.78, 5) is 17.0. The van der Waals surface area contributed by atoms with Gasteiger partial charge in [-0.25, -0.2) is 0 Å². The molecule has 0 saturated carbocycles. The molecule has 1 aliphatic rings. The number of methoxy groups -OCH3 is 3. The number of morpholine rings is 1. The van der Waals surface area contributed by atoms with E-state index >= 15 is 0 Å². The highest BCUT2D eigenvalue weighted by Gasteiger charge is 2.29. The first-order valence-electron chi connectivity index (χ1n) is 9.63. The molecule has 1 heterocycles. The lowest BCUT2D eigenvalue weighted by Crippen LogP contribution is -2.51. The highest BCUT2D eigenvalue weighted by molar-refractivity contribution is 5.78. The molecular weight excluding hydrogens is 360 g/mol. The molecule has 0 radical (unpaired) electrons. The third-order valence-corrected chi connectivity index (χ3v) is 5.02. The zero-order valence-electron chi connectivity index (χ0n) is 18.2. The summed E-state index contributed by atoms with van der Waals surface area (Å²) in [6, 6.07) is 3.73. The molecule has 0 aromatic heterocycles. The van der Waals surface area contributed by atoms with E-state index in [4.69, 9.17) is 18.9 Å². The molecule has 28 heavy (non-hydrogen) atoms. The number of nitrogens with zero attached hydrogens (tertiary/aromatic N) is 2. The molecule has 0 N–H and O–H groups in total. The molecule has 1 aromatic rings. The molecule has 2 rings (SSSR count). The van der Waals surface area contributed by atoms with E-state index in [0.717, 1.165) is 5.56 Å². The third kappa shape index (κ3) is 5.52. The van der Waals surface area contributed by atoms with Crippen molar-refractivity contribution in [2.75, 3.05) is 47.6 Å². The molecule has 1 unspecified atom stereocenters. The van der Waals surface area contributed by atoms with Crippen molar-refractivity contribution in [1.82, 2.24) is 9.80 Å². The predicted molar refractivity (Wildman–Crippen MR) is 108 cm³/mol. The van der Waals surface area contributed by atoms with Crippen LogP contribution in [-0.2, 0) is 16.1 Å². The zero-order valence-corrected chi connectivity index (χ0v) is 18.2. The van der Waals surface area contributed by atoms with Crippen LogP contribution in [-0.4, -0.2) is 74.9 Å². The fraction of sp³-hybridized carbons (Fsp3) is 0.667. The summed E-state index contributed by atoms with van der Waals surface area (Å²) in [6.45, 7) is 11.1. The monoisotopic (exact) mass is 394 g/mol. The van der Waals surface area contributed by atoms with Crippen molar-refractivity contribution in [3.8, 4) is 17.2 Å². The van der Waals surface area contributed by atoms with Gasteiger partial charge in [0.2, 0.25) is 5.91 Å². The minimum atomic E-state index is -0.203. The Labute approximate surface area is 168 Å². The van der Waals surface area contributed by atoms with Gasteiger partial charge in [-0.1, -0.05) is 0 Å². The van der Waals surface area contributed by atoms with E-state index in [2.05, 4.69) is 25.7 Å². The van der Waals surface area contributed by atoms with Crippen LogP contribution >= 0.6 is 0 Å². The van der Waals surface area contributed by atoms with Crippen molar-refractivity contribution in [2.45, 2.75) is 45.9 Å². The molecular formula is C21H34N2O5. The highest BCUT2D eigenvalue weighted by Crippen LogP contribution is 2.36. The van der Waals surface area contributed by atoms with Gasteiger partial charge < -0.3 is 23.8 Å². The average molecular weight is 395 g/mol. The normalized spacial score (nSPS) is 17.6. The Kier molecular flexibility index (Phi) is 7.55. The van der Waals surface area contributed by atoms with Gasteiger partial charge >= 0.3 is 0 Å². The molecule has 7 heteroatoms. The van der Waals surface area contributed by atoms with Crippen LogP contribution in [0.2, 0.25) is 0 Å². The first kappa shape index (κ1) is 22.3. The van der Waals surface area contributed by atoms with Crippen molar-refractivity contribution in [1.29, 1.82) is 0 Å². The average Bonchev–Trinajstić information content (AvgIpc) is 2.66. The lowest BCUT2D eigenvalue weighted by atomic mass is 10.0. The maximum absolute atomic E-state index is 12.9. The summed E-state index contributed by atoms with van der Waals surface area (Å²) in [5.41, 5.74) is 0.740. The van der Waals surface area contributed by atoms with Crippen molar-refractivity contribution in [2.24, 2.45) is 0 Å². The van der Waals surface area contributed by atoms with Crippen LogP contribution < -0.4 is 14.2 Å². The van der Waals surface area contributed by atoms with Gasteiger partial charge in [-0.15, -0.1) is 0 Å². The Balaban J connectivity index is 2.24. The molecule has 1 aliphatic heterocycles. The first-order valence-corrected chi connectivity index (χ1v) is 9.63. The van der Waals surface area contributed by atoms with Gasteiger partial charge in [0.15, 0.2) is 11.5 Å². The molecule has 158 valence electrons. The molecule has 7 nitrogen and oxygen atoms in total. The van der Waals surface area contributed by atoms with Crippen molar-refractivity contribution in [3.05, 3.63) is 17.7 Å². The van der Waals surface area contributed by atoms with E-state index < -0.39 is 0 Å². The number of carbonyl (C=O) groups is 1. The Hall–Kier alpha value is -1.99. The number of carbonyl (C=O) groups excluding carboxylic acids is 1. The Bertz CT molecular complexity index is 671. The minimum Gasteiger partial charge on any atom is -0.496 e. The smallest absolute Gasteiger partial charge is 0.236 e. The number of ether oxygens (including phenoxy) is 4. The Morgan fingerprint density at radius 2 is 1.75 bits per heavy atom. The van der Waals surface area contributed by atoms with Crippen molar-refractivity contribution < 1.29 is 23.7 Å². The number of rotatable bonds is 7. The second-order valence-electron chi connectivity index (χ2n) is 8.07. The molecule has 1 aromatic carbocycles. The molecule has 0 spiro atoms. The SMILES string of the molecule is COc1cc(OC)c(OC)cc1CN(CC(=O)N1CCOC(C)C1)C(C)(C)C. The van der Waals surface area contributed by atoms with E-state index in [1.165, 1.54) is 0 Å². The number of hydrogen-bond donors (Lipinski definition) is 0. The van der Waals surface area contributed by atoms with Crippen LogP contribution in [0.15, 0.2) is 12.1 Å². The van der Waals surface area contributed by atoms with Crippen LogP contribution in [0, 0.1) is 0 Å². The van der Waals surface area contributed by atoms with Gasteiger partial charge in [-0.05, 0) is 33.8 Å². The topological polar surface area (TPSA) is 60.5 Å². The standard InChI is InChI=1S/C21H34N2O5/c1-15-12-22(8-9-28-15)20(24)14-23(21(2,3)4)13-16-10-18(26-6)19(27-7)11-17(16)25-5/h10-11,15H,8-9,12-14H2,1-7H3. The van der Waals surface area contributed by atoms with Crippen LogP contribution in [0.25, 0.3) is 0 Å². The van der Waals surface area contributed by atoms with Crippen LogP contribution in [0.1, 0.15) is 33.3 Å². The van der Waals surface area contributed by atoms with E-state index in [1.807, 2.05) is 24.0 Å². The first-order chi connectivity index (χ1) is 13.2. The highest BCUT2D eigenvalue weighted by atomic mass is 16.5. The number of benzene rings is 1. The van der Waals surface area contributed by atoms with Crippen LogP contribution in [0.4, 0.5) is 0 Å². The molecule has 0 bridgehead atoms. The van der Waals surface area contributed by atoms with E-state index in [1.54, 1.807) is 21.3 Å². The van der Waals surface area contributed by atoms with E-state index in [9.17, 15) is 4.79 Å². The lowest BCUT2D eigenvalue weighted by Gasteiger charge is -2.38. The number of hydrogen-bond acceptors (Lipinski definition) is 6. The summed E-state index contributed by atoms with van der Waals surface area (Å²) < 4.78 is 21.9. The third-order valence-electron chi connectivity index (χ3n) is 5.02.